The molecule has 0 radical (unpaired) electrons. The molecule has 0 saturated heterocycles. The summed E-state index contributed by atoms with van der Waals surface area (Å²) in [6.07, 6.45) is 3.81. The molecule has 0 saturated carbocycles. The SMILES string of the molecule is COc1ccc(/C=C/c2nc(C)ns2)c(OC)c1OC. The normalized spacial score (nSPS) is 10.8. The van der Waals surface area contributed by atoms with E-state index in [0.29, 0.717) is 17.2 Å². The Balaban J connectivity index is 2.38. The number of hydrogen-bond acceptors (Lipinski definition) is 6. The van der Waals surface area contributed by atoms with Crippen molar-refractivity contribution >= 4 is 23.7 Å². The van der Waals surface area contributed by atoms with E-state index in [1.807, 2.05) is 31.2 Å². The van der Waals surface area contributed by atoms with Crippen molar-refractivity contribution in [3.63, 3.8) is 0 Å². The summed E-state index contributed by atoms with van der Waals surface area (Å²) in [6.45, 7) is 1.87. The number of methoxy groups -OCH3 is 3. The molecule has 1 aromatic carbocycles. The summed E-state index contributed by atoms with van der Waals surface area (Å²) in [7, 11) is 4.78. The van der Waals surface area contributed by atoms with Crippen LogP contribution in [0.4, 0.5) is 0 Å². The third kappa shape index (κ3) is 2.91. The Morgan fingerprint density at radius 2 is 1.75 bits per heavy atom. The van der Waals surface area contributed by atoms with Crippen molar-refractivity contribution in [1.29, 1.82) is 0 Å². The van der Waals surface area contributed by atoms with Gasteiger partial charge in [0.1, 0.15) is 10.8 Å². The molecule has 0 amide bonds. The van der Waals surface area contributed by atoms with Crippen LogP contribution in [0.15, 0.2) is 12.1 Å². The topological polar surface area (TPSA) is 53.5 Å². The molecule has 1 heterocycles. The first kappa shape index (κ1) is 14.3. The van der Waals surface area contributed by atoms with Gasteiger partial charge >= 0.3 is 0 Å². The van der Waals surface area contributed by atoms with E-state index in [2.05, 4.69) is 9.36 Å². The minimum atomic E-state index is 0.575. The molecule has 0 fully saturated rings. The number of rotatable bonds is 5. The van der Waals surface area contributed by atoms with Gasteiger partial charge in [-0.15, -0.1) is 0 Å². The molecule has 0 atom stereocenters. The number of benzene rings is 1. The van der Waals surface area contributed by atoms with Crippen molar-refractivity contribution in [3.8, 4) is 17.2 Å². The molecule has 0 unspecified atom stereocenters. The lowest BCUT2D eigenvalue weighted by Crippen LogP contribution is -1.96. The molecule has 0 aliphatic rings. The van der Waals surface area contributed by atoms with Crippen LogP contribution in [0, 0.1) is 6.92 Å². The predicted octanol–water partition coefficient (Wildman–Crippen LogP) is 3.04. The summed E-state index contributed by atoms with van der Waals surface area (Å²) in [4.78, 5) is 4.28. The van der Waals surface area contributed by atoms with E-state index < -0.39 is 0 Å². The maximum Gasteiger partial charge on any atom is 0.203 e. The zero-order valence-corrected chi connectivity index (χ0v) is 12.7. The molecule has 0 aliphatic heterocycles. The first-order valence-electron chi connectivity index (χ1n) is 5.97. The molecule has 2 rings (SSSR count). The highest BCUT2D eigenvalue weighted by molar-refractivity contribution is 7.06. The van der Waals surface area contributed by atoms with Gasteiger partial charge in [-0.2, -0.15) is 4.37 Å². The summed E-state index contributed by atoms with van der Waals surface area (Å²) in [5.74, 6) is 2.61. The van der Waals surface area contributed by atoms with Crippen LogP contribution in [0.5, 0.6) is 17.2 Å². The second-order valence-electron chi connectivity index (χ2n) is 3.94. The fourth-order valence-corrected chi connectivity index (χ4v) is 2.37. The van der Waals surface area contributed by atoms with Gasteiger partial charge in [-0.25, -0.2) is 4.98 Å². The molecule has 2 aromatic rings. The summed E-state index contributed by atoms with van der Waals surface area (Å²) >= 11 is 1.36. The van der Waals surface area contributed by atoms with E-state index in [1.54, 1.807) is 21.3 Å². The molecule has 0 spiro atoms. The lowest BCUT2D eigenvalue weighted by atomic mass is 10.1. The minimum absolute atomic E-state index is 0.575. The van der Waals surface area contributed by atoms with Crippen LogP contribution in [0.25, 0.3) is 12.2 Å². The maximum absolute atomic E-state index is 5.41. The van der Waals surface area contributed by atoms with Crippen LogP contribution in [0.3, 0.4) is 0 Å². The summed E-state index contributed by atoms with van der Waals surface area (Å²) in [5.41, 5.74) is 0.887. The van der Waals surface area contributed by atoms with Crippen molar-refractivity contribution < 1.29 is 14.2 Å². The van der Waals surface area contributed by atoms with Crippen LogP contribution < -0.4 is 14.2 Å². The molecule has 5 nitrogen and oxygen atoms in total. The molecule has 1 aromatic heterocycles. The quantitative estimate of drug-likeness (QED) is 0.847. The van der Waals surface area contributed by atoms with E-state index >= 15 is 0 Å². The summed E-state index contributed by atoms with van der Waals surface area (Å²) < 4.78 is 20.1. The molecule has 20 heavy (non-hydrogen) atoms. The van der Waals surface area contributed by atoms with Crippen LogP contribution in [-0.4, -0.2) is 30.7 Å². The third-order valence-corrected chi connectivity index (χ3v) is 3.45. The van der Waals surface area contributed by atoms with E-state index in [0.717, 1.165) is 16.4 Å². The van der Waals surface area contributed by atoms with Crippen LogP contribution in [-0.2, 0) is 0 Å². The van der Waals surface area contributed by atoms with Crippen molar-refractivity contribution in [1.82, 2.24) is 9.36 Å². The summed E-state index contributed by atoms with van der Waals surface area (Å²) in [6, 6.07) is 3.75. The van der Waals surface area contributed by atoms with Gasteiger partial charge in [0.15, 0.2) is 11.5 Å². The molecular weight excluding hydrogens is 276 g/mol. The number of nitrogens with zero attached hydrogens (tertiary/aromatic N) is 2. The first-order chi connectivity index (χ1) is 9.69. The van der Waals surface area contributed by atoms with E-state index in [4.69, 9.17) is 14.2 Å². The highest BCUT2D eigenvalue weighted by Gasteiger charge is 2.14. The largest absolute Gasteiger partial charge is 0.493 e. The molecule has 0 aliphatic carbocycles. The summed E-state index contributed by atoms with van der Waals surface area (Å²) in [5, 5.41) is 0.847. The third-order valence-electron chi connectivity index (χ3n) is 2.68. The van der Waals surface area contributed by atoms with Crippen LogP contribution in [0.1, 0.15) is 16.4 Å². The van der Waals surface area contributed by atoms with E-state index in [9.17, 15) is 0 Å². The average molecular weight is 292 g/mol. The van der Waals surface area contributed by atoms with Gasteiger partial charge in [-0.3, -0.25) is 0 Å². The van der Waals surface area contributed by atoms with Gasteiger partial charge in [0, 0.05) is 5.56 Å². The lowest BCUT2D eigenvalue weighted by Gasteiger charge is -2.13. The molecule has 0 N–H and O–H groups in total. The Hall–Kier alpha value is -2.08. The van der Waals surface area contributed by atoms with Crippen LogP contribution in [0.2, 0.25) is 0 Å². The second-order valence-corrected chi connectivity index (χ2v) is 4.72. The van der Waals surface area contributed by atoms with Crippen molar-refractivity contribution in [2.45, 2.75) is 6.92 Å². The Kier molecular flexibility index (Phi) is 4.57. The van der Waals surface area contributed by atoms with Crippen molar-refractivity contribution in [3.05, 3.63) is 28.5 Å². The van der Waals surface area contributed by atoms with Gasteiger partial charge in [-0.1, -0.05) is 0 Å². The fourth-order valence-electron chi connectivity index (χ4n) is 1.80. The molecule has 6 heteroatoms. The minimum Gasteiger partial charge on any atom is -0.493 e. The van der Waals surface area contributed by atoms with Gasteiger partial charge in [0.2, 0.25) is 5.75 Å². The Bertz CT molecular complexity index is 623. The van der Waals surface area contributed by atoms with Gasteiger partial charge in [0.25, 0.3) is 0 Å². The van der Waals surface area contributed by atoms with Crippen molar-refractivity contribution in [2.75, 3.05) is 21.3 Å². The molecule has 106 valence electrons. The number of aromatic nitrogens is 2. The maximum atomic E-state index is 5.41. The number of ether oxygens (including phenoxy) is 3. The Labute approximate surface area is 122 Å². The lowest BCUT2D eigenvalue weighted by molar-refractivity contribution is 0.324. The molecular formula is C14H16N2O3S. The number of aryl methyl sites for hydroxylation is 1. The zero-order chi connectivity index (χ0) is 14.5. The van der Waals surface area contributed by atoms with Gasteiger partial charge < -0.3 is 14.2 Å². The Morgan fingerprint density at radius 1 is 1.00 bits per heavy atom. The number of hydrogen-bond donors (Lipinski definition) is 0. The first-order valence-corrected chi connectivity index (χ1v) is 6.74. The fraction of sp³-hybridized carbons (Fsp3) is 0.286. The smallest absolute Gasteiger partial charge is 0.203 e. The van der Waals surface area contributed by atoms with E-state index in [1.165, 1.54) is 11.5 Å². The van der Waals surface area contributed by atoms with Crippen LogP contribution >= 0.6 is 11.5 Å². The standard InChI is InChI=1S/C14H16N2O3S/c1-9-15-12(20-16-9)8-6-10-5-7-11(17-2)14(19-4)13(10)18-3/h5-8H,1-4H3/b8-6+. The van der Waals surface area contributed by atoms with Gasteiger partial charge in [0.05, 0.1) is 21.3 Å². The monoisotopic (exact) mass is 292 g/mol. The van der Waals surface area contributed by atoms with Gasteiger partial charge in [-0.05, 0) is 42.7 Å². The average Bonchev–Trinajstić information content (AvgIpc) is 2.89. The highest BCUT2D eigenvalue weighted by atomic mass is 32.1. The van der Waals surface area contributed by atoms with Crippen molar-refractivity contribution in [2.24, 2.45) is 0 Å². The Morgan fingerprint density at radius 3 is 2.30 bits per heavy atom. The zero-order valence-electron chi connectivity index (χ0n) is 11.8. The molecule has 0 bridgehead atoms. The predicted molar refractivity (Wildman–Crippen MR) is 79.7 cm³/mol. The highest BCUT2D eigenvalue weighted by Crippen LogP contribution is 2.40. The van der Waals surface area contributed by atoms with E-state index in [-0.39, 0.29) is 0 Å². The second kappa shape index (κ2) is 6.38.